The first-order chi connectivity index (χ1) is 18.4. The molecule has 2 aliphatic carbocycles. The zero-order valence-electron chi connectivity index (χ0n) is 22.0. The molecule has 6 rings (SSSR count). The average molecular weight is 486 g/mol. The van der Waals surface area contributed by atoms with Gasteiger partial charge in [0.2, 0.25) is 0 Å². The van der Waals surface area contributed by atoms with Crippen LogP contribution in [0.2, 0.25) is 0 Å². The zero-order valence-corrected chi connectivity index (χ0v) is 22.0. The van der Waals surface area contributed by atoms with Gasteiger partial charge in [-0.2, -0.15) is 0 Å². The Morgan fingerprint density at radius 3 is 1.41 bits per heavy atom. The Bertz CT molecular complexity index is 1200. The summed E-state index contributed by atoms with van der Waals surface area (Å²) in [7, 11) is 0. The van der Waals surface area contributed by atoms with Gasteiger partial charge in [0.1, 0.15) is 0 Å². The minimum absolute atomic E-state index is 0.725. The van der Waals surface area contributed by atoms with Gasteiger partial charge in [-0.1, -0.05) is 111 Å². The predicted octanol–water partition coefficient (Wildman–Crippen LogP) is 10.9. The van der Waals surface area contributed by atoms with Crippen LogP contribution in [-0.4, -0.2) is 0 Å². The number of nitrogens with zero attached hydrogens (tertiary/aromatic N) is 1. The van der Waals surface area contributed by atoms with E-state index < -0.39 is 0 Å². The molecule has 0 saturated heterocycles. The van der Waals surface area contributed by atoms with Gasteiger partial charge in [-0.05, 0) is 84.5 Å². The maximum absolute atomic E-state index is 2.46. The first-order valence-corrected chi connectivity index (χ1v) is 14.5. The highest BCUT2D eigenvalue weighted by Gasteiger charge is 2.20. The topological polar surface area (TPSA) is 3.24 Å². The largest absolute Gasteiger partial charge is 0.310 e. The van der Waals surface area contributed by atoms with Crippen LogP contribution in [0.3, 0.4) is 0 Å². The van der Waals surface area contributed by atoms with Gasteiger partial charge in [0.05, 0.1) is 5.69 Å². The highest BCUT2D eigenvalue weighted by molar-refractivity contribution is 5.88. The van der Waals surface area contributed by atoms with E-state index in [1.54, 1.807) is 0 Å². The van der Waals surface area contributed by atoms with Crippen LogP contribution in [0.25, 0.3) is 11.1 Å². The monoisotopic (exact) mass is 485 g/mol. The third-order valence-electron chi connectivity index (χ3n) is 8.69. The number of hydrogen-bond acceptors (Lipinski definition) is 1. The molecule has 4 aromatic carbocycles. The molecule has 0 unspecified atom stereocenters. The van der Waals surface area contributed by atoms with Crippen LogP contribution in [0.15, 0.2) is 103 Å². The van der Waals surface area contributed by atoms with E-state index in [4.69, 9.17) is 0 Å². The fourth-order valence-corrected chi connectivity index (χ4v) is 6.62. The van der Waals surface area contributed by atoms with Crippen LogP contribution in [0, 0.1) is 0 Å². The van der Waals surface area contributed by atoms with E-state index in [0.29, 0.717) is 0 Å². The Kier molecular flexibility index (Phi) is 7.40. The smallest absolute Gasteiger partial charge is 0.0540 e. The van der Waals surface area contributed by atoms with Crippen molar-refractivity contribution >= 4 is 17.1 Å². The number of para-hydroxylation sites is 1. The summed E-state index contributed by atoms with van der Waals surface area (Å²) in [4.78, 5) is 2.46. The molecule has 0 radical (unpaired) electrons. The molecule has 0 heterocycles. The minimum atomic E-state index is 0.725. The molecule has 1 heteroatoms. The van der Waals surface area contributed by atoms with Gasteiger partial charge in [0.15, 0.2) is 0 Å². The summed E-state index contributed by atoms with van der Waals surface area (Å²) in [5.41, 5.74) is 9.21. The van der Waals surface area contributed by atoms with Crippen LogP contribution >= 0.6 is 0 Å². The summed E-state index contributed by atoms with van der Waals surface area (Å²) in [6, 6.07) is 38.6. The summed E-state index contributed by atoms with van der Waals surface area (Å²) in [6.45, 7) is 0. The van der Waals surface area contributed by atoms with Crippen molar-refractivity contribution in [3.8, 4) is 11.1 Å². The van der Waals surface area contributed by atoms with Crippen LogP contribution < -0.4 is 4.90 Å². The number of rotatable bonds is 6. The van der Waals surface area contributed by atoms with Gasteiger partial charge in [-0.3, -0.25) is 0 Å². The molecule has 2 saturated carbocycles. The maximum atomic E-state index is 2.46. The van der Waals surface area contributed by atoms with Gasteiger partial charge >= 0.3 is 0 Å². The Morgan fingerprint density at radius 1 is 0.432 bits per heavy atom. The van der Waals surface area contributed by atoms with Crippen LogP contribution in [0.1, 0.15) is 87.2 Å². The molecular formula is C36H39N. The zero-order chi connectivity index (χ0) is 24.9. The third kappa shape index (κ3) is 5.37. The van der Waals surface area contributed by atoms with Crippen molar-refractivity contribution in [2.45, 2.75) is 76.0 Å². The highest BCUT2D eigenvalue weighted by Crippen LogP contribution is 2.42. The molecule has 0 bridgehead atoms. The Hall–Kier alpha value is -3.32. The standard InChI is InChI=1S/C36H39N/c1-4-12-28(13-5-1)30-20-24-33(25-21-30)37(34-26-22-31(23-27-34)29-14-6-2-7-15-29)36-19-11-10-18-35(36)32-16-8-3-9-17-32/h3,8-11,16-29H,1-2,4-7,12-15H2. The minimum Gasteiger partial charge on any atom is -0.310 e. The summed E-state index contributed by atoms with van der Waals surface area (Å²) in [5, 5.41) is 0. The molecule has 0 atom stereocenters. The van der Waals surface area contributed by atoms with Crippen molar-refractivity contribution in [1.82, 2.24) is 0 Å². The van der Waals surface area contributed by atoms with Crippen LogP contribution in [0.4, 0.5) is 17.1 Å². The van der Waals surface area contributed by atoms with Gasteiger partial charge in [0.25, 0.3) is 0 Å². The third-order valence-corrected chi connectivity index (χ3v) is 8.69. The van der Waals surface area contributed by atoms with Crippen molar-refractivity contribution in [2.24, 2.45) is 0 Å². The van der Waals surface area contributed by atoms with E-state index in [1.165, 1.54) is 104 Å². The fourth-order valence-electron chi connectivity index (χ4n) is 6.62. The van der Waals surface area contributed by atoms with Crippen molar-refractivity contribution in [3.05, 3.63) is 114 Å². The summed E-state index contributed by atoms with van der Waals surface area (Å²) >= 11 is 0. The molecule has 1 nitrogen and oxygen atoms in total. The predicted molar refractivity (Wildman–Crippen MR) is 158 cm³/mol. The maximum Gasteiger partial charge on any atom is 0.0540 e. The number of hydrogen-bond donors (Lipinski definition) is 0. The van der Waals surface area contributed by atoms with Crippen molar-refractivity contribution in [1.29, 1.82) is 0 Å². The van der Waals surface area contributed by atoms with Crippen molar-refractivity contribution in [3.63, 3.8) is 0 Å². The molecule has 37 heavy (non-hydrogen) atoms. The van der Waals surface area contributed by atoms with Crippen molar-refractivity contribution in [2.75, 3.05) is 4.90 Å². The summed E-state index contributed by atoms with van der Waals surface area (Å²) in [6.07, 6.45) is 13.6. The lowest BCUT2D eigenvalue weighted by Gasteiger charge is -2.29. The molecule has 2 fully saturated rings. The molecule has 0 amide bonds. The van der Waals surface area contributed by atoms with E-state index in [2.05, 4.69) is 108 Å². The van der Waals surface area contributed by atoms with Gasteiger partial charge in [-0.15, -0.1) is 0 Å². The van der Waals surface area contributed by atoms with Crippen LogP contribution in [-0.2, 0) is 0 Å². The first-order valence-electron chi connectivity index (χ1n) is 14.5. The normalized spacial score (nSPS) is 17.0. The lowest BCUT2D eigenvalue weighted by Crippen LogP contribution is -2.12. The van der Waals surface area contributed by atoms with E-state index >= 15 is 0 Å². The lowest BCUT2D eigenvalue weighted by molar-refractivity contribution is 0.443. The molecule has 0 N–H and O–H groups in total. The van der Waals surface area contributed by atoms with E-state index in [0.717, 1.165) is 11.8 Å². The van der Waals surface area contributed by atoms with Gasteiger partial charge in [0, 0.05) is 16.9 Å². The molecule has 4 aromatic rings. The average Bonchev–Trinajstić information content (AvgIpc) is 3.00. The molecular weight excluding hydrogens is 446 g/mol. The summed E-state index contributed by atoms with van der Waals surface area (Å²) in [5.74, 6) is 1.45. The lowest BCUT2D eigenvalue weighted by atomic mass is 9.84. The molecule has 188 valence electrons. The van der Waals surface area contributed by atoms with E-state index in [9.17, 15) is 0 Å². The Morgan fingerprint density at radius 2 is 0.892 bits per heavy atom. The first kappa shape index (κ1) is 24.0. The van der Waals surface area contributed by atoms with E-state index in [-0.39, 0.29) is 0 Å². The van der Waals surface area contributed by atoms with Gasteiger partial charge < -0.3 is 4.90 Å². The Labute approximate surface area is 223 Å². The molecule has 0 aliphatic heterocycles. The second kappa shape index (κ2) is 11.4. The SMILES string of the molecule is c1ccc(-c2ccccc2N(c2ccc(C3CCCCC3)cc2)c2ccc(C3CCCCC3)cc2)cc1. The second-order valence-electron chi connectivity index (χ2n) is 11.1. The second-order valence-corrected chi connectivity index (χ2v) is 11.1. The Balaban J connectivity index is 1.40. The van der Waals surface area contributed by atoms with Gasteiger partial charge in [-0.25, -0.2) is 0 Å². The fraction of sp³-hybridized carbons (Fsp3) is 0.333. The molecule has 0 aromatic heterocycles. The molecule has 2 aliphatic rings. The highest BCUT2D eigenvalue weighted by atomic mass is 15.1. The summed E-state index contributed by atoms with van der Waals surface area (Å²) < 4.78 is 0. The van der Waals surface area contributed by atoms with Crippen LogP contribution in [0.5, 0.6) is 0 Å². The number of benzene rings is 4. The van der Waals surface area contributed by atoms with Crippen molar-refractivity contribution < 1.29 is 0 Å². The van der Waals surface area contributed by atoms with E-state index in [1.807, 2.05) is 0 Å². The quantitative estimate of drug-likeness (QED) is 0.262. The molecule has 0 spiro atoms. The number of anilines is 3.